The molecule has 2 aromatic carbocycles. The number of rotatable bonds is 5. The molecular weight excluding hydrogens is 328 g/mol. The number of ether oxygens (including phenoxy) is 2. The third kappa shape index (κ3) is 3.06. The van der Waals surface area contributed by atoms with Crippen molar-refractivity contribution in [2.45, 2.75) is 12.3 Å². The molecule has 1 amide bonds. The van der Waals surface area contributed by atoms with Crippen molar-refractivity contribution in [3.8, 4) is 5.75 Å². The van der Waals surface area contributed by atoms with Crippen LogP contribution in [0.2, 0.25) is 0 Å². The standard InChI is InChI=1S/C21H22N2O3/c1-23-8-7-15-11-14(3-6-20(15)23)18-13-21(24)22-19-12-16(4-5-17(18)19)26-10-9-25-2/h3-8,11-12,18H,9-10,13H2,1-2H3,(H,22,24). The van der Waals surface area contributed by atoms with Crippen LogP contribution in [-0.2, 0) is 16.6 Å². The van der Waals surface area contributed by atoms with Crippen molar-refractivity contribution < 1.29 is 14.3 Å². The summed E-state index contributed by atoms with van der Waals surface area (Å²) < 4.78 is 12.8. The Morgan fingerprint density at radius 3 is 2.88 bits per heavy atom. The number of carbonyl (C=O) groups is 1. The molecule has 0 spiro atoms. The van der Waals surface area contributed by atoms with Gasteiger partial charge >= 0.3 is 0 Å². The highest BCUT2D eigenvalue weighted by Crippen LogP contribution is 2.39. The molecule has 0 aliphatic carbocycles. The molecule has 0 fully saturated rings. The number of carbonyl (C=O) groups excluding carboxylic acids is 1. The zero-order valence-corrected chi connectivity index (χ0v) is 15.0. The van der Waals surface area contributed by atoms with Gasteiger partial charge in [-0.25, -0.2) is 0 Å². The molecule has 5 heteroatoms. The van der Waals surface area contributed by atoms with E-state index in [0.29, 0.717) is 19.6 Å². The first-order valence-electron chi connectivity index (χ1n) is 8.76. The fourth-order valence-electron chi connectivity index (χ4n) is 3.59. The third-order valence-electron chi connectivity index (χ3n) is 4.93. The summed E-state index contributed by atoms with van der Waals surface area (Å²) in [5.41, 5.74) is 4.30. The van der Waals surface area contributed by atoms with Gasteiger partial charge in [0.25, 0.3) is 0 Å². The van der Waals surface area contributed by atoms with E-state index in [1.165, 1.54) is 10.9 Å². The van der Waals surface area contributed by atoms with Gasteiger partial charge in [0.2, 0.25) is 5.91 Å². The molecule has 1 aromatic heterocycles. The van der Waals surface area contributed by atoms with Crippen LogP contribution in [0, 0.1) is 0 Å². The Morgan fingerprint density at radius 2 is 2.04 bits per heavy atom. The van der Waals surface area contributed by atoms with Gasteiger partial charge in [-0.3, -0.25) is 4.79 Å². The summed E-state index contributed by atoms with van der Waals surface area (Å²) in [6, 6.07) is 14.4. The number of nitrogens with one attached hydrogen (secondary N) is 1. The normalized spacial score (nSPS) is 16.4. The van der Waals surface area contributed by atoms with E-state index < -0.39 is 0 Å². The molecule has 1 N–H and O–H groups in total. The average Bonchev–Trinajstić information content (AvgIpc) is 3.01. The first-order chi connectivity index (χ1) is 12.7. The zero-order chi connectivity index (χ0) is 18.1. The summed E-state index contributed by atoms with van der Waals surface area (Å²) in [6.45, 7) is 1.01. The number of aromatic nitrogens is 1. The van der Waals surface area contributed by atoms with Gasteiger partial charge in [-0.05, 0) is 40.8 Å². The van der Waals surface area contributed by atoms with E-state index >= 15 is 0 Å². The second-order valence-electron chi connectivity index (χ2n) is 6.64. The van der Waals surface area contributed by atoms with E-state index in [1.54, 1.807) is 7.11 Å². The van der Waals surface area contributed by atoms with Crippen molar-refractivity contribution >= 4 is 22.5 Å². The molecule has 4 rings (SSSR count). The SMILES string of the molecule is COCCOc1ccc2c(c1)NC(=O)CC2c1ccc2c(ccn2C)c1. The van der Waals surface area contributed by atoms with Crippen molar-refractivity contribution in [1.29, 1.82) is 0 Å². The van der Waals surface area contributed by atoms with E-state index in [4.69, 9.17) is 9.47 Å². The van der Waals surface area contributed by atoms with Gasteiger partial charge in [0, 0.05) is 50.0 Å². The predicted octanol–water partition coefficient (Wildman–Crippen LogP) is 3.68. The lowest BCUT2D eigenvalue weighted by atomic mass is 9.84. The average molecular weight is 350 g/mol. The van der Waals surface area contributed by atoms with Gasteiger partial charge in [0.05, 0.1) is 6.61 Å². The third-order valence-corrected chi connectivity index (χ3v) is 4.93. The van der Waals surface area contributed by atoms with E-state index in [2.05, 4.69) is 46.4 Å². The molecule has 0 saturated heterocycles. The first-order valence-corrected chi connectivity index (χ1v) is 8.76. The highest BCUT2D eigenvalue weighted by Gasteiger charge is 2.27. The van der Waals surface area contributed by atoms with Crippen LogP contribution in [0.4, 0.5) is 5.69 Å². The Hall–Kier alpha value is -2.79. The molecule has 26 heavy (non-hydrogen) atoms. The summed E-state index contributed by atoms with van der Waals surface area (Å²) in [7, 11) is 3.68. The Kier molecular flexibility index (Phi) is 4.39. The van der Waals surface area contributed by atoms with Gasteiger partial charge in [-0.2, -0.15) is 0 Å². The first kappa shape index (κ1) is 16.7. The Bertz CT molecular complexity index is 961. The molecule has 1 aliphatic rings. The van der Waals surface area contributed by atoms with Gasteiger partial charge in [0.1, 0.15) is 12.4 Å². The number of nitrogens with zero attached hydrogens (tertiary/aromatic N) is 1. The Labute approximate surface area is 152 Å². The maximum atomic E-state index is 12.3. The molecule has 3 aromatic rings. The zero-order valence-electron chi connectivity index (χ0n) is 15.0. The summed E-state index contributed by atoms with van der Waals surface area (Å²) in [6.07, 6.45) is 2.51. The molecule has 2 heterocycles. The van der Waals surface area contributed by atoms with Crippen LogP contribution in [0.15, 0.2) is 48.7 Å². The topological polar surface area (TPSA) is 52.5 Å². The molecular formula is C21H22N2O3. The van der Waals surface area contributed by atoms with Crippen LogP contribution in [0.1, 0.15) is 23.5 Å². The molecule has 134 valence electrons. The molecule has 1 unspecified atom stereocenters. The number of aryl methyl sites for hydroxylation is 1. The van der Waals surface area contributed by atoms with Gasteiger partial charge in [-0.15, -0.1) is 0 Å². The smallest absolute Gasteiger partial charge is 0.225 e. The van der Waals surface area contributed by atoms with E-state index in [1.807, 2.05) is 19.2 Å². The lowest BCUT2D eigenvalue weighted by Crippen LogP contribution is -2.23. The second-order valence-corrected chi connectivity index (χ2v) is 6.64. The largest absolute Gasteiger partial charge is 0.491 e. The number of hydrogen-bond donors (Lipinski definition) is 1. The lowest BCUT2D eigenvalue weighted by molar-refractivity contribution is -0.116. The van der Waals surface area contributed by atoms with Crippen LogP contribution in [0.3, 0.4) is 0 Å². The number of methoxy groups -OCH3 is 1. The van der Waals surface area contributed by atoms with Crippen LogP contribution >= 0.6 is 0 Å². The molecule has 0 saturated carbocycles. The quantitative estimate of drug-likeness (QED) is 0.714. The van der Waals surface area contributed by atoms with Crippen molar-refractivity contribution in [3.05, 3.63) is 59.8 Å². The van der Waals surface area contributed by atoms with Gasteiger partial charge in [-0.1, -0.05) is 12.1 Å². The minimum Gasteiger partial charge on any atom is -0.491 e. The maximum Gasteiger partial charge on any atom is 0.225 e. The number of fused-ring (bicyclic) bond motifs is 2. The Balaban J connectivity index is 1.68. The van der Waals surface area contributed by atoms with E-state index in [9.17, 15) is 4.79 Å². The minimum absolute atomic E-state index is 0.0321. The van der Waals surface area contributed by atoms with Crippen LogP contribution in [0.5, 0.6) is 5.75 Å². The second kappa shape index (κ2) is 6.84. The van der Waals surface area contributed by atoms with Gasteiger partial charge in [0.15, 0.2) is 0 Å². The van der Waals surface area contributed by atoms with Crippen LogP contribution in [0.25, 0.3) is 10.9 Å². The molecule has 1 aliphatic heterocycles. The van der Waals surface area contributed by atoms with Crippen molar-refractivity contribution in [3.63, 3.8) is 0 Å². The summed E-state index contributed by atoms with van der Waals surface area (Å²) in [4.78, 5) is 12.3. The fourth-order valence-corrected chi connectivity index (χ4v) is 3.59. The van der Waals surface area contributed by atoms with Crippen LogP contribution in [-0.4, -0.2) is 30.8 Å². The maximum absolute atomic E-state index is 12.3. The summed E-state index contributed by atoms with van der Waals surface area (Å²) >= 11 is 0. The van der Waals surface area contributed by atoms with E-state index in [0.717, 1.165) is 22.6 Å². The van der Waals surface area contributed by atoms with Crippen molar-refractivity contribution in [2.75, 3.05) is 25.6 Å². The summed E-state index contributed by atoms with van der Waals surface area (Å²) in [5, 5.41) is 4.17. The molecule has 0 radical (unpaired) electrons. The molecule has 5 nitrogen and oxygen atoms in total. The fraction of sp³-hybridized carbons (Fsp3) is 0.286. The number of amides is 1. The Morgan fingerprint density at radius 1 is 1.15 bits per heavy atom. The number of benzene rings is 2. The van der Waals surface area contributed by atoms with Crippen LogP contribution < -0.4 is 10.1 Å². The number of anilines is 1. The highest BCUT2D eigenvalue weighted by atomic mass is 16.5. The predicted molar refractivity (Wildman–Crippen MR) is 102 cm³/mol. The molecule has 0 bridgehead atoms. The lowest BCUT2D eigenvalue weighted by Gasteiger charge is -2.26. The van der Waals surface area contributed by atoms with Crippen molar-refractivity contribution in [1.82, 2.24) is 4.57 Å². The highest BCUT2D eigenvalue weighted by molar-refractivity contribution is 5.96. The number of hydrogen-bond acceptors (Lipinski definition) is 3. The minimum atomic E-state index is 0.0321. The van der Waals surface area contributed by atoms with Gasteiger partial charge < -0.3 is 19.4 Å². The monoisotopic (exact) mass is 350 g/mol. The van der Waals surface area contributed by atoms with Crippen molar-refractivity contribution in [2.24, 2.45) is 7.05 Å². The molecule has 1 atom stereocenters. The summed E-state index contributed by atoms with van der Waals surface area (Å²) in [5.74, 6) is 0.821. The van der Waals surface area contributed by atoms with E-state index in [-0.39, 0.29) is 11.8 Å².